The number of rotatable bonds is 5. The van der Waals surface area contributed by atoms with Crippen molar-refractivity contribution in [3.8, 4) is 0 Å². The fraction of sp³-hybridized carbons (Fsp3) is 0.762. The molecule has 0 spiro atoms. The van der Waals surface area contributed by atoms with Crippen LogP contribution in [0.4, 0.5) is 5.82 Å². The summed E-state index contributed by atoms with van der Waals surface area (Å²) < 4.78 is 0. The van der Waals surface area contributed by atoms with E-state index in [-0.39, 0.29) is 5.92 Å². The summed E-state index contributed by atoms with van der Waals surface area (Å²) in [5.74, 6) is 2.27. The first-order valence-corrected chi connectivity index (χ1v) is 10.9. The molecule has 4 aliphatic rings. The zero-order chi connectivity index (χ0) is 18.2. The van der Waals surface area contributed by atoms with Crippen molar-refractivity contribution in [1.29, 1.82) is 0 Å². The maximum Gasteiger partial charge on any atom is 0.224 e. The van der Waals surface area contributed by atoms with Crippen molar-refractivity contribution >= 4 is 11.7 Å². The molecule has 146 valence electrons. The zero-order valence-electron chi connectivity index (χ0n) is 16.1. The van der Waals surface area contributed by atoms with Crippen molar-refractivity contribution in [2.45, 2.75) is 69.4 Å². The Morgan fingerprint density at radius 3 is 2.56 bits per heavy atom. The lowest BCUT2D eigenvalue weighted by Gasteiger charge is -2.42. The smallest absolute Gasteiger partial charge is 0.224 e. The van der Waals surface area contributed by atoms with E-state index in [1.54, 1.807) is 6.33 Å². The predicted octanol–water partition coefficient (Wildman–Crippen LogP) is 2.31. The van der Waals surface area contributed by atoms with Crippen LogP contribution in [0, 0.1) is 5.92 Å². The Morgan fingerprint density at radius 2 is 1.81 bits per heavy atom. The van der Waals surface area contributed by atoms with Gasteiger partial charge in [0.1, 0.15) is 12.1 Å². The molecule has 0 radical (unpaired) electrons. The Bertz CT molecular complexity index is 679. The molecule has 2 saturated heterocycles. The molecule has 2 aliphatic heterocycles. The highest BCUT2D eigenvalue weighted by Crippen LogP contribution is 2.39. The first-order valence-electron chi connectivity index (χ1n) is 10.9. The van der Waals surface area contributed by atoms with Crippen LogP contribution in [-0.4, -0.2) is 59.0 Å². The summed E-state index contributed by atoms with van der Waals surface area (Å²) in [6.45, 7) is 4.21. The SMILES string of the molecule is O=C(NC1CC1)[C@H]1CCCN(C2CCN(c3cc(C4CC4)ncn3)CC2)C1. The molecule has 3 heterocycles. The van der Waals surface area contributed by atoms with Crippen LogP contribution >= 0.6 is 0 Å². The third-order valence-corrected chi connectivity index (χ3v) is 6.72. The summed E-state index contributed by atoms with van der Waals surface area (Å²) in [7, 11) is 0. The second-order valence-electron chi connectivity index (χ2n) is 8.91. The molecule has 1 aromatic heterocycles. The third-order valence-electron chi connectivity index (χ3n) is 6.72. The molecule has 6 heteroatoms. The molecule has 0 aromatic carbocycles. The van der Waals surface area contributed by atoms with Crippen molar-refractivity contribution in [1.82, 2.24) is 20.2 Å². The van der Waals surface area contributed by atoms with Crippen LogP contribution in [0.15, 0.2) is 12.4 Å². The maximum absolute atomic E-state index is 12.4. The molecule has 2 aliphatic carbocycles. The van der Waals surface area contributed by atoms with Crippen molar-refractivity contribution < 1.29 is 4.79 Å². The van der Waals surface area contributed by atoms with Crippen molar-refractivity contribution in [2.24, 2.45) is 5.92 Å². The largest absolute Gasteiger partial charge is 0.356 e. The number of hydrogen-bond donors (Lipinski definition) is 1. The number of likely N-dealkylation sites (tertiary alicyclic amines) is 1. The number of hydrogen-bond acceptors (Lipinski definition) is 5. The topological polar surface area (TPSA) is 61.4 Å². The van der Waals surface area contributed by atoms with E-state index in [4.69, 9.17) is 0 Å². The van der Waals surface area contributed by atoms with Crippen molar-refractivity contribution in [3.63, 3.8) is 0 Å². The summed E-state index contributed by atoms with van der Waals surface area (Å²) in [6, 6.07) is 3.30. The molecule has 0 bridgehead atoms. The van der Waals surface area contributed by atoms with E-state index < -0.39 is 0 Å². The van der Waals surface area contributed by atoms with Gasteiger partial charge in [0.15, 0.2) is 0 Å². The molecular formula is C21H31N5O. The second-order valence-corrected chi connectivity index (χ2v) is 8.91. The van der Waals surface area contributed by atoms with Gasteiger partial charge in [-0.15, -0.1) is 0 Å². The zero-order valence-corrected chi connectivity index (χ0v) is 16.1. The van der Waals surface area contributed by atoms with E-state index in [0.717, 1.165) is 44.8 Å². The van der Waals surface area contributed by atoms with Gasteiger partial charge in [0, 0.05) is 49.4 Å². The van der Waals surface area contributed by atoms with Gasteiger partial charge >= 0.3 is 0 Å². The van der Waals surface area contributed by atoms with E-state index >= 15 is 0 Å². The quantitative estimate of drug-likeness (QED) is 0.863. The molecule has 1 N–H and O–H groups in total. The molecule has 27 heavy (non-hydrogen) atoms. The lowest BCUT2D eigenvalue weighted by atomic mass is 9.93. The Morgan fingerprint density at radius 1 is 1.00 bits per heavy atom. The average molecular weight is 370 g/mol. The van der Waals surface area contributed by atoms with Crippen LogP contribution in [0.5, 0.6) is 0 Å². The number of anilines is 1. The normalized spacial score (nSPS) is 27.6. The highest BCUT2D eigenvalue weighted by Gasteiger charge is 2.34. The fourth-order valence-corrected chi connectivity index (χ4v) is 4.70. The minimum atomic E-state index is 0.195. The monoisotopic (exact) mass is 369 g/mol. The highest BCUT2D eigenvalue weighted by molar-refractivity contribution is 5.79. The van der Waals surface area contributed by atoms with Gasteiger partial charge in [-0.25, -0.2) is 9.97 Å². The molecule has 1 atom stereocenters. The number of nitrogens with zero attached hydrogens (tertiary/aromatic N) is 4. The van der Waals surface area contributed by atoms with Crippen LogP contribution < -0.4 is 10.2 Å². The average Bonchev–Trinajstić information content (AvgIpc) is 3.63. The molecule has 1 aromatic rings. The van der Waals surface area contributed by atoms with E-state index in [0.29, 0.717) is 23.9 Å². The van der Waals surface area contributed by atoms with E-state index in [2.05, 4.69) is 31.2 Å². The van der Waals surface area contributed by atoms with Gasteiger partial charge in [0.05, 0.1) is 5.92 Å². The summed E-state index contributed by atoms with van der Waals surface area (Å²) in [4.78, 5) is 26.4. The number of amides is 1. The molecule has 4 fully saturated rings. The van der Waals surface area contributed by atoms with Gasteiger partial charge < -0.3 is 10.2 Å². The first-order chi connectivity index (χ1) is 13.3. The first kappa shape index (κ1) is 17.4. The molecule has 2 saturated carbocycles. The molecule has 0 unspecified atom stereocenters. The standard InChI is InChI=1S/C21H31N5O/c27-21(24-17-5-6-17)16-2-1-9-26(13-16)18-7-10-25(11-8-18)20-12-19(15-3-4-15)22-14-23-20/h12,14-18H,1-11,13H2,(H,24,27)/t16-/m0/s1. The lowest BCUT2D eigenvalue weighted by molar-refractivity contribution is -0.127. The molecule has 5 rings (SSSR count). The third kappa shape index (κ3) is 4.10. The van der Waals surface area contributed by atoms with Crippen LogP contribution in [0.25, 0.3) is 0 Å². The number of piperidine rings is 2. The van der Waals surface area contributed by atoms with Crippen LogP contribution in [0.3, 0.4) is 0 Å². The van der Waals surface area contributed by atoms with Gasteiger partial charge in [-0.2, -0.15) is 0 Å². The minimum Gasteiger partial charge on any atom is -0.356 e. The molecule has 1 amide bonds. The molecular weight excluding hydrogens is 338 g/mol. The van der Waals surface area contributed by atoms with Gasteiger partial charge in [0.2, 0.25) is 5.91 Å². The summed E-state index contributed by atoms with van der Waals surface area (Å²) in [5, 5.41) is 3.21. The van der Waals surface area contributed by atoms with Gasteiger partial charge in [-0.05, 0) is 57.9 Å². The van der Waals surface area contributed by atoms with Crippen molar-refractivity contribution in [3.05, 3.63) is 18.1 Å². The highest BCUT2D eigenvalue weighted by atomic mass is 16.2. The fourth-order valence-electron chi connectivity index (χ4n) is 4.70. The number of aromatic nitrogens is 2. The van der Waals surface area contributed by atoms with Gasteiger partial charge in [0.25, 0.3) is 0 Å². The Hall–Kier alpha value is -1.69. The van der Waals surface area contributed by atoms with Gasteiger partial charge in [-0.3, -0.25) is 9.69 Å². The minimum absolute atomic E-state index is 0.195. The Balaban J connectivity index is 1.15. The van der Waals surface area contributed by atoms with E-state index in [1.807, 2.05) is 0 Å². The van der Waals surface area contributed by atoms with Crippen molar-refractivity contribution in [2.75, 3.05) is 31.1 Å². The number of carbonyl (C=O) groups excluding carboxylic acids is 1. The summed E-state index contributed by atoms with van der Waals surface area (Å²) in [6.07, 6.45) is 11.2. The van der Waals surface area contributed by atoms with Gasteiger partial charge in [-0.1, -0.05) is 0 Å². The number of carbonyl (C=O) groups is 1. The summed E-state index contributed by atoms with van der Waals surface area (Å²) >= 11 is 0. The van der Waals surface area contributed by atoms with Crippen LogP contribution in [0.2, 0.25) is 0 Å². The summed E-state index contributed by atoms with van der Waals surface area (Å²) in [5.41, 5.74) is 1.22. The second kappa shape index (κ2) is 7.38. The number of nitrogens with one attached hydrogen (secondary N) is 1. The lowest BCUT2D eigenvalue weighted by Crippen LogP contribution is -2.51. The Labute approximate surface area is 161 Å². The maximum atomic E-state index is 12.4. The molecule has 6 nitrogen and oxygen atoms in total. The Kier molecular flexibility index (Phi) is 4.76. The van der Waals surface area contributed by atoms with Crippen LogP contribution in [0.1, 0.15) is 63.0 Å². The van der Waals surface area contributed by atoms with E-state index in [1.165, 1.54) is 44.2 Å². The predicted molar refractivity (Wildman–Crippen MR) is 105 cm³/mol. The van der Waals surface area contributed by atoms with Crippen LogP contribution in [-0.2, 0) is 4.79 Å². The van der Waals surface area contributed by atoms with E-state index in [9.17, 15) is 4.79 Å².